The van der Waals surface area contributed by atoms with Gasteiger partial charge < -0.3 is 9.84 Å². The summed E-state index contributed by atoms with van der Waals surface area (Å²) in [6, 6.07) is 0. The molecule has 1 N–H and O–H groups in total. The minimum atomic E-state index is -0.469. The average molecular weight is 152 g/mol. The normalized spacial score (nSPS) is 34.6. The van der Waals surface area contributed by atoms with Crippen molar-refractivity contribution in [3.63, 3.8) is 0 Å². The van der Waals surface area contributed by atoms with E-state index in [1.165, 1.54) is 6.08 Å². The zero-order valence-corrected chi connectivity index (χ0v) is 5.86. The Labute approximate surface area is 64.0 Å². The fourth-order valence-corrected chi connectivity index (χ4v) is 1.33. The summed E-state index contributed by atoms with van der Waals surface area (Å²) in [4.78, 5) is 10.7. The molecule has 2 aliphatic rings. The Kier molecular flexibility index (Phi) is 1.32. The Hall–Kier alpha value is -1.09. The lowest BCUT2D eigenvalue weighted by atomic mass is 9.98. The average Bonchev–Trinajstić information content (AvgIpc) is 2.27. The lowest BCUT2D eigenvalue weighted by Gasteiger charge is -2.18. The van der Waals surface area contributed by atoms with E-state index in [9.17, 15) is 4.79 Å². The van der Waals surface area contributed by atoms with Crippen LogP contribution >= 0.6 is 0 Å². The predicted molar refractivity (Wildman–Crippen MR) is 37.7 cm³/mol. The highest BCUT2D eigenvalue weighted by atomic mass is 16.5. The molecule has 0 aromatic carbocycles. The van der Waals surface area contributed by atoms with E-state index in [1.54, 1.807) is 12.2 Å². The highest BCUT2D eigenvalue weighted by Gasteiger charge is 2.28. The first-order valence-electron chi connectivity index (χ1n) is 3.54. The molecule has 0 bridgehead atoms. The molecule has 1 aliphatic heterocycles. The fourth-order valence-electron chi connectivity index (χ4n) is 1.33. The molecule has 0 spiro atoms. The lowest BCUT2D eigenvalue weighted by Crippen LogP contribution is -2.21. The molecule has 58 valence electrons. The molecule has 3 nitrogen and oxygen atoms in total. The number of rotatable bonds is 0. The molecular formula is C8H8O3. The third-order valence-electron chi connectivity index (χ3n) is 1.88. The van der Waals surface area contributed by atoms with Gasteiger partial charge in [-0.05, 0) is 5.57 Å². The number of carbonyl (C=O) groups excluding carboxylic acids is 1. The first-order valence-corrected chi connectivity index (χ1v) is 3.54. The van der Waals surface area contributed by atoms with Gasteiger partial charge in [0.15, 0.2) is 0 Å². The molecule has 0 saturated carbocycles. The number of fused-ring (bicyclic) bond motifs is 1. The Morgan fingerprint density at radius 2 is 2.45 bits per heavy atom. The summed E-state index contributed by atoms with van der Waals surface area (Å²) < 4.78 is 4.89. The van der Waals surface area contributed by atoms with Crippen LogP contribution in [0.2, 0.25) is 0 Å². The third kappa shape index (κ3) is 1.07. The molecule has 0 aromatic heterocycles. The third-order valence-corrected chi connectivity index (χ3v) is 1.88. The van der Waals surface area contributed by atoms with Gasteiger partial charge in [0.25, 0.3) is 0 Å². The standard InChI is InChI=1S/C8H8O3/c9-6-2-1-5-3-8(10)11-7(5)4-6/h1-3,6-7,9H,4H2/t6-,7+/m1/s1. The highest BCUT2D eigenvalue weighted by molar-refractivity contribution is 5.86. The zero-order chi connectivity index (χ0) is 7.84. The van der Waals surface area contributed by atoms with Crippen LogP contribution in [-0.4, -0.2) is 23.3 Å². The molecule has 0 aromatic rings. The first-order chi connectivity index (χ1) is 5.25. The van der Waals surface area contributed by atoms with E-state index in [-0.39, 0.29) is 12.1 Å². The Bertz CT molecular complexity index is 252. The number of ether oxygens (including phenoxy) is 1. The van der Waals surface area contributed by atoms with Crippen LogP contribution in [-0.2, 0) is 9.53 Å². The van der Waals surface area contributed by atoms with Crippen molar-refractivity contribution in [1.82, 2.24) is 0 Å². The van der Waals surface area contributed by atoms with Crippen molar-refractivity contribution in [2.75, 3.05) is 0 Å². The number of carbonyl (C=O) groups is 1. The molecule has 2 rings (SSSR count). The minimum Gasteiger partial charge on any atom is -0.454 e. The topological polar surface area (TPSA) is 46.5 Å². The maximum atomic E-state index is 10.7. The molecular weight excluding hydrogens is 144 g/mol. The van der Waals surface area contributed by atoms with Gasteiger partial charge in [-0.25, -0.2) is 4.79 Å². The van der Waals surface area contributed by atoms with Gasteiger partial charge in [-0.2, -0.15) is 0 Å². The lowest BCUT2D eigenvalue weighted by molar-refractivity contribution is -0.139. The molecule has 0 radical (unpaired) electrons. The van der Waals surface area contributed by atoms with Crippen LogP contribution in [0.4, 0.5) is 0 Å². The monoisotopic (exact) mass is 152 g/mol. The maximum absolute atomic E-state index is 10.7. The smallest absolute Gasteiger partial charge is 0.331 e. The second-order valence-corrected chi connectivity index (χ2v) is 2.73. The molecule has 0 fully saturated rings. The molecule has 2 atom stereocenters. The van der Waals surface area contributed by atoms with Gasteiger partial charge in [0, 0.05) is 12.5 Å². The van der Waals surface area contributed by atoms with Crippen LogP contribution < -0.4 is 0 Å². The summed E-state index contributed by atoms with van der Waals surface area (Å²) >= 11 is 0. The van der Waals surface area contributed by atoms with Crippen LogP contribution in [0.25, 0.3) is 0 Å². The van der Waals surface area contributed by atoms with Crippen LogP contribution in [0.3, 0.4) is 0 Å². The quantitative estimate of drug-likeness (QED) is 0.503. The zero-order valence-electron chi connectivity index (χ0n) is 5.86. The molecule has 3 heteroatoms. The van der Waals surface area contributed by atoms with Crippen molar-refractivity contribution in [2.24, 2.45) is 0 Å². The highest BCUT2D eigenvalue weighted by Crippen LogP contribution is 2.25. The summed E-state index contributed by atoms with van der Waals surface area (Å²) in [5.41, 5.74) is 0.875. The van der Waals surface area contributed by atoms with Crippen molar-refractivity contribution in [2.45, 2.75) is 18.6 Å². The van der Waals surface area contributed by atoms with E-state index in [2.05, 4.69) is 0 Å². The molecule has 1 heterocycles. The van der Waals surface area contributed by atoms with Crippen molar-refractivity contribution in [3.8, 4) is 0 Å². The van der Waals surface area contributed by atoms with Crippen molar-refractivity contribution >= 4 is 5.97 Å². The van der Waals surface area contributed by atoms with Crippen LogP contribution in [0, 0.1) is 0 Å². The number of aliphatic hydroxyl groups is 1. The largest absolute Gasteiger partial charge is 0.454 e. The maximum Gasteiger partial charge on any atom is 0.331 e. The number of hydrogen-bond acceptors (Lipinski definition) is 3. The fraction of sp³-hybridized carbons (Fsp3) is 0.375. The van der Waals surface area contributed by atoms with E-state index in [0.29, 0.717) is 6.42 Å². The Morgan fingerprint density at radius 1 is 1.64 bits per heavy atom. The van der Waals surface area contributed by atoms with Gasteiger partial charge in [0.1, 0.15) is 6.10 Å². The SMILES string of the molecule is O=C1C=C2C=C[C@@H](O)C[C@@H]2O1. The second kappa shape index (κ2) is 2.20. The van der Waals surface area contributed by atoms with E-state index in [1.807, 2.05) is 0 Å². The van der Waals surface area contributed by atoms with Crippen LogP contribution in [0.15, 0.2) is 23.8 Å². The van der Waals surface area contributed by atoms with Gasteiger partial charge in [-0.1, -0.05) is 12.2 Å². The van der Waals surface area contributed by atoms with E-state index in [0.717, 1.165) is 5.57 Å². The molecule has 0 saturated heterocycles. The van der Waals surface area contributed by atoms with Crippen LogP contribution in [0.1, 0.15) is 6.42 Å². The molecule has 0 amide bonds. The predicted octanol–water partition coefficient (Wildman–Crippen LogP) is 0.159. The van der Waals surface area contributed by atoms with E-state index >= 15 is 0 Å². The summed E-state index contributed by atoms with van der Waals surface area (Å²) in [5, 5.41) is 9.14. The van der Waals surface area contributed by atoms with Crippen molar-refractivity contribution in [1.29, 1.82) is 0 Å². The van der Waals surface area contributed by atoms with Gasteiger partial charge >= 0.3 is 5.97 Å². The second-order valence-electron chi connectivity index (χ2n) is 2.73. The molecule has 1 aliphatic carbocycles. The summed E-state index contributed by atoms with van der Waals surface area (Å²) in [6.45, 7) is 0. The first kappa shape index (κ1) is 6.61. The van der Waals surface area contributed by atoms with Gasteiger partial charge in [0.05, 0.1) is 6.10 Å². The molecule has 0 unspecified atom stereocenters. The van der Waals surface area contributed by atoms with Gasteiger partial charge in [0.2, 0.25) is 0 Å². The summed E-state index contributed by atoms with van der Waals surface area (Å²) in [6.07, 6.45) is 4.69. The summed E-state index contributed by atoms with van der Waals surface area (Å²) in [5.74, 6) is -0.302. The van der Waals surface area contributed by atoms with E-state index < -0.39 is 6.10 Å². The van der Waals surface area contributed by atoms with Crippen molar-refractivity contribution in [3.05, 3.63) is 23.8 Å². The Morgan fingerprint density at radius 3 is 3.27 bits per heavy atom. The molecule has 11 heavy (non-hydrogen) atoms. The number of hydrogen-bond donors (Lipinski definition) is 1. The van der Waals surface area contributed by atoms with Crippen molar-refractivity contribution < 1.29 is 14.6 Å². The van der Waals surface area contributed by atoms with Gasteiger partial charge in [-0.15, -0.1) is 0 Å². The summed E-state index contributed by atoms with van der Waals surface area (Å²) in [7, 11) is 0. The number of aliphatic hydroxyl groups excluding tert-OH is 1. The number of esters is 1. The van der Waals surface area contributed by atoms with Gasteiger partial charge in [-0.3, -0.25) is 0 Å². The Balaban J connectivity index is 2.26. The van der Waals surface area contributed by atoms with Crippen LogP contribution in [0.5, 0.6) is 0 Å². The minimum absolute atomic E-state index is 0.206. The van der Waals surface area contributed by atoms with E-state index in [4.69, 9.17) is 9.84 Å².